The van der Waals surface area contributed by atoms with Gasteiger partial charge in [0, 0.05) is 6.20 Å². The van der Waals surface area contributed by atoms with Gasteiger partial charge in [0.05, 0.1) is 23.7 Å². The van der Waals surface area contributed by atoms with E-state index in [0.717, 1.165) is 15.8 Å². The molecule has 0 radical (unpaired) electrons. The summed E-state index contributed by atoms with van der Waals surface area (Å²) >= 11 is 7.22. The minimum absolute atomic E-state index is 0.193. The van der Waals surface area contributed by atoms with Crippen LogP contribution in [0.25, 0.3) is 15.9 Å². The van der Waals surface area contributed by atoms with E-state index in [1.807, 2.05) is 13.8 Å². The molecular formula is C15H13ClN6O2S. The van der Waals surface area contributed by atoms with Crippen LogP contribution in [0.5, 0.6) is 0 Å². The topological polar surface area (TPSA) is 87.2 Å². The number of thiophene rings is 1. The Morgan fingerprint density at radius 3 is 2.92 bits per heavy atom. The first-order valence-electron chi connectivity index (χ1n) is 7.42. The third-order valence-electron chi connectivity index (χ3n) is 4.00. The van der Waals surface area contributed by atoms with Crippen molar-refractivity contribution in [3.05, 3.63) is 40.0 Å². The maximum absolute atomic E-state index is 11.9. The third-order valence-corrected chi connectivity index (χ3v) is 5.37. The highest BCUT2D eigenvalue weighted by molar-refractivity contribution is 7.20. The van der Waals surface area contributed by atoms with Crippen molar-refractivity contribution in [1.82, 2.24) is 29.4 Å². The molecule has 0 unspecified atom stereocenters. The number of methoxy groups -OCH3 is 1. The van der Waals surface area contributed by atoms with Crippen molar-refractivity contribution >= 4 is 44.8 Å². The van der Waals surface area contributed by atoms with Gasteiger partial charge in [0.25, 0.3) is 0 Å². The number of hydrogen-bond donors (Lipinski definition) is 0. The summed E-state index contributed by atoms with van der Waals surface area (Å²) < 4.78 is 8.15. The summed E-state index contributed by atoms with van der Waals surface area (Å²) in [5.74, 6) is 0.206. The summed E-state index contributed by atoms with van der Waals surface area (Å²) in [7, 11) is 1.36. The standard InChI is InChI=1S/C15H13ClN6O2S/c1-7-10-13-19-12(8(2)21-5-9(16)4-18-21)20-22(13)6-17-14(10)25-11(7)15(23)24-3/h4-6,8H,1-3H3/t8-/m0/s1. The number of aromatic nitrogens is 6. The van der Waals surface area contributed by atoms with Gasteiger partial charge in [-0.2, -0.15) is 5.10 Å². The molecule has 0 saturated carbocycles. The Balaban J connectivity index is 1.89. The number of hydrogen-bond acceptors (Lipinski definition) is 7. The first kappa shape index (κ1) is 16.0. The van der Waals surface area contributed by atoms with Crippen LogP contribution in [0.15, 0.2) is 18.7 Å². The van der Waals surface area contributed by atoms with Gasteiger partial charge >= 0.3 is 5.97 Å². The normalized spacial score (nSPS) is 12.8. The van der Waals surface area contributed by atoms with Gasteiger partial charge in [0.2, 0.25) is 0 Å². The van der Waals surface area contributed by atoms with Gasteiger partial charge in [-0.25, -0.2) is 19.3 Å². The molecule has 0 amide bonds. The predicted octanol–water partition coefficient (Wildman–Crippen LogP) is 2.89. The van der Waals surface area contributed by atoms with Crippen LogP contribution in [-0.2, 0) is 4.74 Å². The summed E-state index contributed by atoms with van der Waals surface area (Å²) in [6, 6.07) is -0.193. The molecule has 0 aliphatic carbocycles. The van der Waals surface area contributed by atoms with Crippen molar-refractivity contribution < 1.29 is 9.53 Å². The predicted molar refractivity (Wildman–Crippen MR) is 93.3 cm³/mol. The number of rotatable bonds is 3. The summed E-state index contributed by atoms with van der Waals surface area (Å²) in [6.07, 6.45) is 4.88. The lowest BCUT2D eigenvalue weighted by atomic mass is 10.2. The Kier molecular flexibility index (Phi) is 3.69. The molecule has 0 aliphatic rings. The molecular weight excluding hydrogens is 364 g/mol. The number of nitrogens with zero attached hydrogens (tertiary/aromatic N) is 6. The van der Waals surface area contributed by atoms with E-state index in [9.17, 15) is 4.79 Å². The van der Waals surface area contributed by atoms with Crippen LogP contribution in [0.3, 0.4) is 0 Å². The maximum atomic E-state index is 11.9. The molecule has 128 valence electrons. The second kappa shape index (κ2) is 5.78. The lowest BCUT2D eigenvalue weighted by molar-refractivity contribution is 0.0605. The third kappa shape index (κ3) is 2.47. The van der Waals surface area contributed by atoms with Gasteiger partial charge < -0.3 is 4.74 Å². The molecule has 0 bridgehead atoms. The van der Waals surface area contributed by atoms with E-state index in [1.165, 1.54) is 18.4 Å². The van der Waals surface area contributed by atoms with Crippen molar-refractivity contribution in [2.75, 3.05) is 7.11 Å². The van der Waals surface area contributed by atoms with Crippen LogP contribution in [0.4, 0.5) is 0 Å². The van der Waals surface area contributed by atoms with Crippen molar-refractivity contribution in [2.45, 2.75) is 19.9 Å². The lowest BCUT2D eigenvalue weighted by Gasteiger charge is -2.06. The smallest absolute Gasteiger partial charge is 0.348 e. The van der Waals surface area contributed by atoms with Gasteiger partial charge in [-0.05, 0) is 19.4 Å². The number of ether oxygens (including phenoxy) is 1. The molecule has 4 aromatic rings. The minimum Gasteiger partial charge on any atom is -0.465 e. The quantitative estimate of drug-likeness (QED) is 0.511. The number of fused-ring (bicyclic) bond motifs is 3. The zero-order chi connectivity index (χ0) is 17.7. The lowest BCUT2D eigenvalue weighted by Crippen LogP contribution is -2.09. The van der Waals surface area contributed by atoms with Crippen LogP contribution in [0.2, 0.25) is 5.02 Å². The Morgan fingerprint density at radius 2 is 2.24 bits per heavy atom. The van der Waals surface area contributed by atoms with Crippen LogP contribution in [-0.4, -0.2) is 42.4 Å². The average Bonchev–Trinajstić information content (AvgIpc) is 3.30. The SMILES string of the molecule is COC(=O)c1sc2ncn3nc([C@H](C)n4cc(Cl)cn4)nc3c2c1C. The number of carbonyl (C=O) groups is 1. The van der Waals surface area contributed by atoms with E-state index in [4.69, 9.17) is 16.3 Å². The molecule has 4 aromatic heterocycles. The maximum Gasteiger partial charge on any atom is 0.348 e. The van der Waals surface area contributed by atoms with E-state index < -0.39 is 0 Å². The van der Waals surface area contributed by atoms with Crippen molar-refractivity contribution in [1.29, 1.82) is 0 Å². The number of esters is 1. The van der Waals surface area contributed by atoms with Crippen molar-refractivity contribution in [3.8, 4) is 0 Å². The van der Waals surface area contributed by atoms with Gasteiger partial charge in [-0.3, -0.25) is 4.68 Å². The second-order valence-electron chi connectivity index (χ2n) is 5.53. The van der Waals surface area contributed by atoms with Gasteiger partial charge in [-0.15, -0.1) is 16.4 Å². The number of halogens is 1. The molecule has 25 heavy (non-hydrogen) atoms. The van der Waals surface area contributed by atoms with Crippen LogP contribution in [0.1, 0.15) is 34.0 Å². The average molecular weight is 377 g/mol. The Hall–Kier alpha value is -2.52. The number of carbonyl (C=O) groups excluding carboxylic acids is 1. The van der Waals surface area contributed by atoms with Crippen LogP contribution in [0, 0.1) is 6.92 Å². The Bertz CT molecular complexity index is 1110. The fourth-order valence-corrected chi connectivity index (χ4v) is 3.86. The van der Waals surface area contributed by atoms with Gasteiger partial charge in [0.1, 0.15) is 22.1 Å². The highest BCUT2D eigenvalue weighted by Gasteiger charge is 2.22. The van der Waals surface area contributed by atoms with E-state index in [0.29, 0.717) is 21.4 Å². The minimum atomic E-state index is -0.377. The molecule has 0 spiro atoms. The highest BCUT2D eigenvalue weighted by Crippen LogP contribution is 2.32. The van der Waals surface area contributed by atoms with E-state index in [2.05, 4.69) is 20.2 Å². The van der Waals surface area contributed by atoms with Crippen molar-refractivity contribution in [3.63, 3.8) is 0 Å². The Labute approximate surface area is 151 Å². The monoisotopic (exact) mass is 376 g/mol. The highest BCUT2D eigenvalue weighted by atomic mass is 35.5. The summed E-state index contributed by atoms with van der Waals surface area (Å²) in [6.45, 7) is 3.79. The first-order chi connectivity index (χ1) is 12.0. The molecule has 0 aromatic carbocycles. The molecule has 1 atom stereocenters. The molecule has 10 heteroatoms. The fourth-order valence-electron chi connectivity index (χ4n) is 2.66. The summed E-state index contributed by atoms with van der Waals surface area (Å²) in [4.78, 5) is 22.2. The molecule has 0 saturated heterocycles. The molecule has 0 aliphatic heterocycles. The fraction of sp³-hybridized carbons (Fsp3) is 0.267. The summed E-state index contributed by atoms with van der Waals surface area (Å²) in [5, 5.41) is 10.0. The zero-order valence-corrected chi connectivity index (χ0v) is 15.2. The Morgan fingerprint density at radius 1 is 1.44 bits per heavy atom. The zero-order valence-electron chi connectivity index (χ0n) is 13.6. The van der Waals surface area contributed by atoms with E-state index >= 15 is 0 Å². The number of aryl methyl sites for hydroxylation is 1. The van der Waals surface area contributed by atoms with Gasteiger partial charge in [0.15, 0.2) is 11.5 Å². The molecule has 8 nitrogen and oxygen atoms in total. The first-order valence-corrected chi connectivity index (χ1v) is 8.61. The second-order valence-corrected chi connectivity index (χ2v) is 6.96. The van der Waals surface area contributed by atoms with Crippen LogP contribution >= 0.6 is 22.9 Å². The largest absolute Gasteiger partial charge is 0.465 e. The van der Waals surface area contributed by atoms with E-state index in [1.54, 1.807) is 27.9 Å². The van der Waals surface area contributed by atoms with Crippen molar-refractivity contribution in [2.24, 2.45) is 0 Å². The molecule has 0 N–H and O–H groups in total. The molecule has 4 rings (SSSR count). The van der Waals surface area contributed by atoms with Crippen LogP contribution < -0.4 is 0 Å². The van der Waals surface area contributed by atoms with E-state index in [-0.39, 0.29) is 12.0 Å². The van der Waals surface area contributed by atoms with Gasteiger partial charge in [-0.1, -0.05) is 11.6 Å². The summed E-state index contributed by atoms with van der Waals surface area (Å²) in [5.41, 5.74) is 1.44. The molecule has 0 fully saturated rings. The molecule has 4 heterocycles.